The maximum absolute atomic E-state index is 6.01. The van der Waals surface area contributed by atoms with Crippen LogP contribution < -0.4 is 0 Å². The molecule has 118 valence electrons. The molecule has 3 nitrogen and oxygen atoms in total. The van der Waals surface area contributed by atoms with Gasteiger partial charge in [0.1, 0.15) is 12.7 Å². The summed E-state index contributed by atoms with van der Waals surface area (Å²) >= 11 is 12.0. The zero-order valence-corrected chi connectivity index (χ0v) is 14.1. The molecule has 0 radical (unpaired) electrons. The first-order valence-electron chi connectivity index (χ1n) is 7.53. The fraction of sp³-hybridized carbons (Fsp3) is 0.222. The number of halogens is 2. The van der Waals surface area contributed by atoms with Crippen molar-refractivity contribution in [2.75, 3.05) is 0 Å². The van der Waals surface area contributed by atoms with Gasteiger partial charge in [-0.25, -0.2) is 4.98 Å². The summed E-state index contributed by atoms with van der Waals surface area (Å²) in [7, 11) is 0. The third kappa shape index (κ3) is 4.57. The van der Waals surface area contributed by atoms with Gasteiger partial charge in [0.2, 0.25) is 0 Å². The number of hydrogen-bond acceptors (Lipinski definition) is 2. The van der Waals surface area contributed by atoms with Gasteiger partial charge in [0, 0.05) is 22.5 Å². The van der Waals surface area contributed by atoms with Gasteiger partial charge in [-0.2, -0.15) is 5.10 Å². The Balaban J connectivity index is 1.74. The summed E-state index contributed by atoms with van der Waals surface area (Å²) in [5.41, 5.74) is 2.55. The van der Waals surface area contributed by atoms with Gasteiger partial charge in [0.05, 0.1) is 0 Å². The minimum Gasteiger partial charge on any atom is -0.252 e. The molecule has 0 aliphatic rings. The molecule has 1 unspecified atom stereocenters. The van der Waals surface area contributed by atoms with E-state index in [2.05, 4.69) is 34.3 Å². The molecule has 1 heterocycles. The third-order valence-corrected chi connectivity index (χ3v) is 4.41. The van der Waals surface area contributed by atoms with E-state index in [-0.39, 0.29) is 0 Å². The highest BCUT2D eigenvalue weighted by Crippen LogP contribution is 2.25. The first-order chi connectivity index (χ1) is 11.2. The highest BCUT2D eigenvalue weighted by molar-refractivity contribution is 6.30. The van der Waals surface area contributed by atoms with Crippen LogP contribution in [0.4, 0.5) is 0 Å². The Labute approximate surface area is 145 Å². The van der Waals surface area contributed by atoms with Crippen LogP contribution in [0.25, 0.3) is 0 Å². The average Bonchev–Trinajstić information content (AvgIpc) is 3.07. The quantitative estimate of drug-likeness (QED) is 0.629. The van der Waals surface area contributed by atoms with Gasteiger partial charge < -0.3 is 0 Å². The molecule has 0 aliphatic carbocycles. The SMILES string of the molecule is Clc1ccc(CCC(Cn2cncn2)c2ccc(Cl)cc2)cc1. The number of nitrogens with zero attached hydrogens (tertiary/aromatic N) is 3. The molecule has 0 saturated carbocycles. The first kappa shape index (κ1) is 16.0. The predicted octanol–water partition coefficient (Wildman–Crippen LogP) is 5.00. The Morgan fingerprint density at radius 1 is 0.913 bits per heavy atom. The third-order valence-electron chi connectivity index (χ3n) is 3.91. The molecule has 0 N–H and O–H groups in total. The second kappa shape index (κ2) is 7.62. The van der Waals surface area contributed by atoms with Gasteiger partial charge in [-0.15, -0.1) is 0 Å². The zero-order valence-electron chi connectivity index (χ0n) is 12.6. The minimum absolute atomic E-state index is 0.352. The van der Waals surface area contributed by atoms with Crippen LogP contribution in [0.1, 0.15) is 23.5 Å². The Kier molecular flexibility index (Phi) is 5.31. The van der Waals surface area contributed by atoms with Crippen LogP contribution in [-0.4, -0.2) is 14.8 Å². The van der Waals surface area contributed by atoms with Crippen molar-refractivity contribution < 1.29 is 0 Å². The van der Waals surface area contributed by atoms with Gasteiger partial charge in [-0.3, -0.25) is 4.68 Å². The number of hydrogen-bond donors (Lipinski definition) is 0. The molecule has 0 amide bonds. The Morgan fingerprint density at radius 2 is 1.57 bits per heavy atom. The number of benzene rings is 2. The molecule has 3 rings (SSSR count). The normalized spacial score (nSPS) is 12.3. The van der Waals surface area contributed by atoms with Crippen molar-refractivity contribution in [2.45, 2.75) is 25.3 Å². The van der Waals surface area contributed by atoms with Gasteiger partial charge in [0.15, 0.2) is 0 Å². The second-order valence-electron chi connectivity index (χ2n) is 5.53. The zero-order chi connectivity index (χ0) is 16.1. The van der Waals surface area contributed by atoms with Crippen LogP contribution in [0.15, 0.2) is 61.2 Å². The van der Waals surface area contributed by atoms with Crippen molar-refractivity contribution >= 4 is 23.2 Å². The van der Waals surface area contributed by atoms with Crippen molar-refractivity contribution in [3.05, 3.63) is 82.4 Å². The van der Waals surface area contributed by atoms with Gasteiger partial charge >= 0.3 is 0 Å². The smallest absolute Gasteiger partial charge is 0.137 e. The van der Waals surface area contributed by atoms with Crippen LogP contribution in [0, 0.1) is 0 Å². The maximum atomic E-state index is 6.01. The summed E-state index contributed by atoms with van der Waals surface area (Å²) in [6, 6.07) is 16.1. The van der Waals surface area contributed by atoms with Crippen LogP contribution in [0.2, 0.25) is 10.0 Å². The van der Waals surface area contributed by atoms with E-state index in [4.69, 9.17) is 23.2 Å². The minimum atomic E-state index is 0.352. The fourth-order valence-electron chi connectivity index (χ4n) is 2.64. The van der Waals surface area contributed by atoms with Crippen LogP contribution in [-0.2, 0) is 13.0 Å². The van der Waals surface area contributed by atoms with Crippen molar-refractivity contribution in [3.8, 4) is 0 Å². The van der Waals surface area contributed by atoms with Crippen LogP contribution in [0.5, 0.6) is 0 Å². The topological polar surface area (TPSA) is 30.7 Å². The van der Waals surface area contributed by atoms with E-state index >= 15 is 0 Å². The Bertz CT molecular complexity index is 722. The fourth-order valence-corrected chi connectivity index (χ4v) is 2.90. The molecule has 1 aromatic heterocycles. The molecule has 0 saturated heterocycles. The summed E-state index contributed by atoms with van der Waals surface area (Å²) in [6.07, 6.45) is 5.33. The number of aromatic nitrogens is 3. The number of aryl methyl sites for hydroxylation is 1. The summed E-state index contributed by atoms with van der Waals surface area (Å²) in [5, 5.41) is 5.75. The highest BCUT2D eigenvalue weighted by Gasteiger charge is 2.13. The van der Waals surface area contributed by atoms with E-state index in [1.807, 2.05) is 28.9 Å². The molecular weight excluding hydrogens is 329 g/mol. The number of rotatable bonds is 6. The summed E-state index contributed by atoms with van der Waals surface area (Å²) in [6.45, 7) is 0.801. The van der Waals surface area contributed by atoms with E-state index in [0.29, 0.717) is 5.92 Å². The molecular formula is C18H17Cl2N3. The molecule has 3 aromatic rings. The summed E-state index contributed by atoms with van der Waals surface area (Å²) < 4.78 is 1.88. The lowest BCUT2D eigenvalue weighted by Gasteiger charge is -2.17. The highest BCUT2D eigenvalue weighted by atomic mass is 35.5. The molecule has 1 atom stereocenters. The van der Waals surface area contributed by atoms with E-state index in [1.165, 1.54) is 11.1 Å². The molecule has 23 heavy (non-hydrogen) atoms. The molecule has 5 heteroatoms. The van der Waals surface area contributed by atoms with Crippen molar-refractivity contribution in [1.29, 1.82) is 0 Å². The molecule has 0 aliphatic heterocycles. The van der Waals surface area contributed by atoms with Gasteiger partial charge in [-0.1, -0.05) is 47.5 Å². The molecule has 0 bridgehead atoms. The van der Waals surface area contributed by atoms with E-state index in [0.717, 1.165) is 29.4 Å². The summed E-state index contributed by atoms with van der Waals surface area (Å²) in [4.78, 5) is 4.03. The lowest BCUT2D eigenvalue weighted by Crippen LogP contribution is -2.11. The van der Waals surface area contributed by atoms with E-state index < -0.39 is 0 Å². The Morgan fingerprint density at radius 3 is 2.17 bits per heavy atom. The predicted molar refractivity (Wildman–Crippen MR) is 94.0 cm³/mol. The van der Waals surface area contributed by atoms with Gasteiger partial charge in [0.25, 0.3) is 0 Å². The summed E-state index contributed by atoms with van der Waals surface area (Å²) in [5.74, 6) is 0.352. The largest absolute Gasteiger partial charge is 0.252 e. The van der Waals surface area contributed by atoms with Crippen molar-refractivity contribution in [1.82, 2.24) is 14.8 Å². The van der Waals surface area contributed by atoms with Crippen LogP contribution >= 0.6 is 23.2 Å². The lowest BCUT2D eigenvalue weighted by atomic mass is 9.92. The average molecular weight is 346 g/mol. The standard InChI is InChI=1S/C18H17Cl2N3/c19-17-7-2-14(3-8-17)1-4-16(11-23-13-21-12-22-23)15-5-9-18(20)10-6-15/h2-3,5-10,12-13,16H,1,4,11H2. The van der Waals surface area contributed by atoms with Crippen molar-refractivity contribution in [2.24, 2.45) is 0 Å². The Hall–Kier alpha value is -1.84. The molecule has 2 aromatic carbocycles. The van der Waals surface area contributed by atoms with Crippen LogP contribution in [0.3, 0.4) is 0 Å². The van der Waals surface area contributed by atoms with Gasteiger partial charge in [-0.05, 0) is 48.2 Å². The second-order valence-corrected chi connectivity index (χ2v) is 6.40. The molecule has 0 spiro atoms. The van der Waals surface area contributed by atoms with Crippen molar-refractivity contribution in [3.63, 3.8) is 0 Å². The maximum Gasteiger partial charge on any atom is 0.137 e. The molecule has 0 fully saturated rings. The first-order valence-corrected chi connectivity index (χ1v) is 8.28. The van der Waals surface area contributed by atoms with E-state index in [1.54, 1.807) is 12.7 Å². The monoisotopic (exact) mass is 345 g/mol. The lowest BCUT2D eigenvalue weighted by molar-refractivity contribution is 0.488. The van der Waals surface area contributed by atoms with E-state index in [9.17, 15) is 0 Å².